The second kappa shape index (κ2) is 9.56. The summed E-state index contributed by atoms with van der Waals surface area (Å²) in [7, 11) is 0. The van der Waals surface area contributed by atoms with Crippen LogP contribution < -0.4 is 9.41 Å². The Balaban J connectivity index is 0.000000445. The van der Waals surface area contributed by atoms with Crippen LogP contribution in [0.4, 0.5) is 0 Å². The molecule has 0 aliphatic heterocycles. The Morgan fingerprint density at radius 1 is 0.885 bits per heavy atom. The van der Waals surface area contributed by atoms with E-state index in [9.17, 15) is 0 Å². The molecule has 0 amide bonds. The topological polar surface area (TPSA) is 0 Å². The predicted molar refractivity (Wildman–Crippen MR) is 98.1 cm³/mol. The zero-order valence-corrected chi connectivity index (χ0v) is 18.5. The molecule has 0 spiro atoms. The van der Waals surface area contributed by atoms with E-state index in [0.717, 1.165) is 6.42 Å². The summed E-state index contributed by atoms with van der Waals surface area (Å²) in [6.45, 7) is 10.9. The maximum absolute atomic E-state index is 3.44. The predicted octanol–water partition coefficient (Wildman–Crippen LogP) is 0.176. The van der Waals surface area contributed by atoms with Gasteiger partial charge in [0.25, 0.3) is 0 Å². The van der Waals surface area contributed by atoms with Crippen molar-refractivity contribution in [3.63, 3.8) is 0 Å². The van der Waals surface area contributed by atoms with Gasteiger partial charge in [0.15, 0.2) is 0 Å². The van der Waals surface area contributed by atoms with Crippen LogP contribution in [-0.4, -0.2) is 0 Å². The summed E-state index contributed by atoms with van der Waals surface area (Å²) in [6.07, 6.45) is 4.48. The molecule has 2 aromatic rings. The van der Waals surface area contributed by atoms with Crippen LogP contribution in [0.2, 0.25) is 0 Å². The van der Waals surface area contributed by atoms with Gasteiger partial charge in [-0.1, -0.05) is 68.5 Å². The fourth-order valence-corrected chi connectivity index (χ4v) is 3.40. The quantitative estimate of drug-likeness (QED) is 0.447. The third-order valence-corrected chi connectivity index (χ3v) is 5.18. The first-order chi connectivity index (χ1) is 10.9. The van der Waals surface area contributed by atoms with Crippen LogP contribution in [0.3, 0.4) is 0 Å². The van der Waals surface area contributed by atoms with Gasteiger partial charge in [0.2, 0.25) is 0 Å². The van der Waals surface area contributed by atoms with Crippen LogP contribution in [-0.2, 0) is 32.6 Å². The number of fused-ring (bicyclic) bond motifs is 3. The van der Waals surface area contributed by atoms with Gasteiger partial charge in [-0.25, -0.2) is 5.57 Å². The van der Waals surface area contributed by atoms with Crippen LogP contribution in [0.1, 0.15) is 45.7 Å². The summed E-state index contributed by atoms with van der Waals surface area (Å²) < 4.78 is 0. The van der Waals surface area contributed by atoms with Crippen LogP contribution in [0.5, 0.6) is 0 Å². The number of rotatable bonds is 0. The maximum atomic E-state index is 3.44. The van der Waals surface area contributed by atoms with Gasteiger partial charge in [0, 0.05) is 0 Å². The normalized spacial score (nSPS) is 15.2. The first kappa shape index (κ1) is 24.7. The zero-order valence-electron chi connectivity index (χ0n) is 16.0. The van der Waals surface area contributed by atoms with Gasteiger partial charge in [-0.05, 0) is 6.42 Å². The van der Waals surface area contributed by atoms with Crippen LogP contribution in [0, 0.1) is 17.6 Å². The average molecular weight is 430 g/mol. The SMILES string of the molecule is CC1=[C-]C(C)(C)C(C)=C1C.[F-].[F-].[Zr+4].[c-]1cccc2c1Cc1ccccc1-2. The second-order valence-electron chi connectivity index (χ2n) is 7.02. The van der Waals surface area contributed by atoms with Crippen LogP contribution in [0.25, 0.3) is 11.1 Å². The Kier molecular flexibility index (Phi) is 9.06. The standard InChI is InChI=1S/C13H9.C10H15.2FH.Zr/c1-3-7-12-10(5-1)9-11-6-2-4-8-13(11)12;1-7-6-10(4,5)9(3)8(7)2;;;/h1-5,7-8H,9H2;1-5H3;2*1H;/q2*-1;;;+4/p-2. The van der Waals surface area contributed by atoms with E-state index in [1.165, 1.54) is 39.0 Å². The number of halogens is 2. The van der Waals surface area contributed by atoms with Crippen molar-refractivity contribution in [2.75, 3.05) is 0 Å². The van der Waals surface area contributed by atoms with Gasteiger partial charge in [0.05, 0.1) is 0 Å². The van der Waals surface area contributed by atoms with Gasteiger partial charge >= 0.3 is 26.2 Å². The second-order valence-corrected chi connectivity index (χ2v) is 7.02. The van der Waals surface area contributed by atoms with Crippen molar-refractivity contribution in [1.82, 2.24) is 0 Å². The fourth-order valence-electron chi connectivity index (χ4n) is 3.40. The number of allylic oxidation sites excluding steroid dienone is 4. The molecule has 0 nitrogen and oxygen atoms in total. The summed E-state index contributed by atoms with van der Waals surface area (Å²) in [5, 5.41) is 0. The van der Waals surface area contributed by atoms with E-state index in [0.29, 0.717) is 0 Å². The van der Waals surface area contributed by atoms with E-state index < -0.39 is 0 Å². The van der Waals surface area contributed by atoms with E-state index in [2.05, 4.69) is 83.2 Å². The van der Waals surface area contributed by atoms with E-state index in [1.54, 1.807) is 0 Å². The molecule has 0 saturated heterocycles. The largest absolute Gasteiger partial charge is 4.00 e. The zero-order chi connectivity index (χ0) is 16.6. The van der Waals surface area contributed by atoms with E-state index >= 15 is 0 Å². The molecule has 0 aromatic heterocycles. The molecule has 2 aliphatic rings. The smallest absolute Gasteiger partial charge is 1.00 e. The molecule has 0 fully saturated rings. The summed E-state index contributed by atoms with van der Waals surface area (Å²) >= 11 is 0. The van der Waals surface area contributed by atoms with Crippen molar-refractivity contribution in [1.29, 1.82) is 0 Å². The fraction of sp³-hybridized carbons (Fsp3) is 0.304. The minimum absolute atomic E-state index is 0. The molecule has 2 aromatic carbocycles. The Hall–Kier alpha value is -1.34. The molecule has 4 rings (SSSR count). The number of benzene rings is 2. The van der Waals surface area contributed by atoms with Gasteiger partial charge < -0.3 is 9.41 Å². The third-order valence-electron chi connectivity index (χ3n) is 5.18. The first-order valence-corrected chi connectivity index (χ1v) is 8.28. The summed E-state index contributed by atoms with van der Waals surface area (Å²) in [6, 6.07) is 18.1. The third kappa shape index (κ3) is 4.68. The molecule has 134 valence electrons. The Bertz CT molecular complexity index is 773. The molecular weight excluding hydrogens is 405 g/mol. The van der Waals surface area contributed by atoms with Crippen LogP contribution in [0.15, 0.2) is 59.2 Å². The van der Waals surface area contributed by atoms with Gasteiger partial charge in [-0.15, -0.1) is 12.5 Å². The van der Waals surface area contributed by atoms with Gasteiger partial charge in [0.1, 0.15) is 0 Å². The average Bonchev–Trinajstić information content (AvgIpc) is 2.99. The summed E-state index contributed by atoms with van der Waals surface area (Å²) in [4.78, 5) is 0. The Morgan fingerprint density at radius 2 is 1.50 bits per heavy atom. The van der Waals surface area contributed by atoms with Crippen molar-refractivity contribution in [2.45, 2.75) is 41.0 Å². The molecule has 0 saturated carbocycles. The summed E-state index contributed by atoms with van der Waals surface area (Å²) in [5.74, 6) is 0. The van der Waals surface area contributed by atoms with E-state index in [4.69, 9.17) is 0 Å². The van der Waals surface area contributed by atoms with E-state index in [-0.39, 0.29) is 41.0 Å². The van der Waals surface area contributed by atoms with Gasteiger partial charge in [-0.2, -0.15) is 41.0 Å². The molecular formula is C23H24F2Zr. The molecule has 0 atom stereocenters. The Labute approximate surface area is 175 Å². The van der Waals surface area contributed by atoms with Crippen molar-refractivity contribution in [3.8, 4) is 11.1 Å². The van der Waals surface area contributed by atoms with Gasteiger partial charge in [-0.3, -0.25) is 6.08 Å². The molecule has 0 radical (unpaired) electrons. The molecule has 0 unspecified atom stereocenters. The summed E-state index contributed by atoms with van der Waals surface area (Å²) in [5.41, 5.74) is 9.90. The maximum Gasteiger partial charge on any atom is 4.00 e. The van der Waals surface area contributed by atoms with Crippen molar-refractivity contribution in [3.05, 3.63) is 82.5 Å². The first-order valence-electron chi connectivity index (χ1n) is 8.28. The van der Waals surface area contributed by atoms with Crippen molar-refractivity contribution < 1.29 is 35.6 Å². The number of hydrogen-bond donors (Lipinski definition) is 0. The van der Waals surface area contributed by atoms with Crippen molar-refractivity contribution >= 4 is 0 Å². The molecule has 0 N–H and O–H groups in total. The number of hydrogen-bond acceptors (Lipinski definition) is 0. The molecule has 3 heteroatoms. The molecule has 2 aliphatic carbocycles. The Morgan fingerprint density at radius 3 is 2.04 bits per heavy atom. The minimum Gasteiger partial charge on any atom is -1.00 e. The van der Waals surface area contributed by atoms with Crippen LogP contribution >= 0.6 is 0 Å². The molecule has 26 heavy (non-hydrogen) atoms. The monoisotopic (exact) mass is 428 g/mol. The molecule has 0 heterocycles. The minimum atomic E-state index is 0. The van der Waals surface area contributed by atoms with E-state index in [1.807, 2.05) is 6.07 Å². The molecule has 0 bridgehead atoms. The van der Waals surface area contributed by atoms with Crippen molar-refractivity contribution in [2.24, 2.45) is 5.41 Å².